The molecule has 45 heavy (non-hydrogen) atoms. The summed E-state index contributed by atoms with van der Waals surface area (Å²) in [6, 6.07) is 5.47. The Morgan fingerprint density at radius 1 is 1.16 bits per heavy atom. The molecule has 0 radical (unpaired) electrons. The lowest BCUT2D eigenvalue weighted by molar-refractivity contribution is -0.155. The smallest absolute Gasteiger partial charge is 0.380 e. The van der Waals surface area contributed by atoms with Crippen LogP contribution >= 0.6 is 0 Å². The summed E-state index contributed by atoms with van der Waals surface area (Å²) in [4.78, 5) is 37.7. The Bertz CT molecular complexity index is 1650. The molecule has 3 fully saturated rings. The Morgan fingerprint density at radius 2 is 1.84 bits per heavy atom. The van der Waals surface area contributed by atoms with E-state index in [4.69, 9.17) is 14.5 Å². The van der Waals surface area contributed by atoms with E-state index in [1.54, 1.807) is 27.1 Å². The number of pyridine rings is 1. The molecule has 9 nitrogen and oxygen atoms in total. The number of aromatic nitrogens is 3. The molecule has 2 aromatic heterocycles. The third-order valence-electron chi connectivity index (χ3n) is 10.1. The van der Waals surface area contributed by atoms with Gasteiger partial charge < -0.3 is 19.7 Å². The summed E-state index contributed by atoms with van der Waals surface area (Å²) in [5.74, 6) is 0.458. The molecule has 6 rings (SSSR count). The first-order valence-electron chi connectivity index (χ1n) is 15.7. The molecule has 0 bridgehead atoms. The second kappa shape index (κ2) is 12.0. The largest absolute Gasteiger partial charge is 0.416 e. The second-order valence-electron chi connectivity index (χ2n) is 12.7. The molecule has 2 saturated heterocycles. The highest BCUT2D eigenvalue weighted by molar-refractivity contribution is 5.91. The number of likely N-dealkylation sites (tertiary alicyclic amines) is 1. The second-order valence-corrected chi connectivity index (χ2v) is 12.7. The fourth-order valence-corrected chi connectivity index (χ4v) is 7.25. The van der Waals surface area contributed by atoms with Gasteiger partial charge in [0.15, 0.2) is 0 Å². The van der Waals surface area contributed by atoms with Gasteiger partial charge >= 0.3 is 11.9 Å². The first-order valence-corrected chi connectivity index (χ1v) is 15.7. The number of methoxy groups -OCH3 is 1. The Hall–Kier alpha value is -3.51. The van der Waals surface area contributed by atoms with E-state index in [0.29, 0.717) is 67.1 Å². The van der Waals surface area contributed by atoms with Crippen molar-refractivity contribution < 1.29 is 27.4 Å². The number of fused-ring (bicyclic) bond motifs is 1. The van der Waals surface area contributed by atoms with Crippen molar-refractivity contribution in [1.29, 1.82) is 0 Å². The van der Waals surface area contributed by atoms with Gasteiger partial charge in [0.1, 0.15) is 11.4 Å². The van der Waals surface area contributed by atoms with Crippen molar-refractivity contribution in [3.8, 4) is 0 Å². The molecule has 0 unspecified atom stereocenters. The minimum absolute atomic E-state index is 0.0868. The van der Waals surface area contributed by atoms with E-state index in [2.05, 4.69) is 10.3 Å². The Morgan fingerprint density at radius 3 is 2.44 bits per heavy atom. The van der Waals surface area contributed by atoms with Crippen molar-refractivity contribution in [2.45, 2.75) is 76.1 Å². The number of nitrogens with zero attached hydrogens (tertiary/aromatic N) is 4. The first kappa shape index (κ1) is 31.5. The zero-order valence-electron chi connectivity index (χ0n) is 26.2. The highest BCUT2D eigenvalue weighted by Gasteiger charge is 2.42. The Balaban J connectivity index is 1.43. The number of carbonyl (C=O) groups excluding carboxylic acids is 1. The Labute approximate surface area is 260 Å². The van der Waals surface area contributed by atoms with E-state index in [1.807, 2.05) is 11.0 Å². The molecule has 3 aliphatic rings. The summed E-state index contributed by atoms with van der Waals surface area (Å²) in [5, 5.41) is 3.96. The van der Waals surface area contributed by atoms with Crippen LogP contribution in [-0.2, 0) is 33.1 Å². The molecule has 0 spiro atoms. The summed E-state index contributed by atoms with van der Waals surface area (Å²) < 4.78 is 54.1. The molecule has 1 aromatic carbocycles. The number of ether oxygens (including phenoxy) is 2. The topological polar surface area (TPSA) is 98.6 Å². The average molecular weight is 628 g/mol. The van der Waals surface area contributed by atoms with Crippen molar-refractivity contribution in [2.24, 2.45) is 13.0 Å². The highest BCUT2D eigenvalue weighted by Crippen LogP contribution is 2.43. The fourth-order valence-electron chi connectivity index (χ4n) is 7.25. The van der Waals surface area contributed by atoms with E-state index >= 15 is 0 Å². The number of carbonyl (C=O) groups is 1. The lowest BCUT2D eigenvalue weighted by Gasteiger charge is -2.42. The number of alkyl halides is 3. The number of hydrogen-bond donors (Lipinski definition) is 1. The van der Waals surface area contributed by atoms with Gasteiger partial charge in [0.05, 0.1) is 47.6 Å². The van der Waals surface area contributed by atoms with Gasteiger partial charge in [-0.15, -0.1) is 0 Å². The third kappa shape index (κ3) is 5.71. The summed E-state index contributed by atoms with van der Waals surface area (Å²) in [5.41, 5.74) is 0.865. The predicted octanol–water partition coefficient (Wildman–Crippen LogP) is 5.60. The minimum atomic E-state index is -4.48. The number of benzene rings is 1. The summed E-state index contributed by atoms with van der Waals surface area (Å²) >= 11 is 0. The number of amides is 1. The molecular formula is C33H40F3N5O4. The summed E-state index contributed by atoms with van der Waals surface area (Å²) in [6.45, 7) is 5.19. The van der Waals surface area contributed by atoms with Gasteiger partial charge in [-0.25, -0.2) is 4.79 Å². The maximum Gasteiger partial charge on any atom is 0.416 e. The van der Waals surface area contributed by atoms with E-state index in [9.17, 15) is 22.8 Å². The summed E-state index contributed by atoms with van der Waals surface area (Å²) in [7, 11) is 3.34. The van der Waals surface area contributed by atoms with Gasteiger partial charge in [0.25, 0.3) is 0 Å². The van der Waals surface area contributed by atoms with Crippen LogP contribution in [0.2, 0.25) is 0 Å². The third-order valence-corrected chi connectivity index (χ3v) is 10.1. The predicted molar refractivity (Wildman–Crippen MR) is 163 cm³/mol. The first-order chi connectivity index (χ1) is 21.4. The van der Waals surface area contributed by atoms with Gasteiger partial charge in [-0.05, 0) is 62.8 Å². The molecule has 1 N–H and O–H groups in total. The number of aryl methyl sites for hydroxylation is 1. The zero-order valence-corrected chi connectivity index (χ0v) is 26.2. The molecule has 3 aromatic rings. The quantitative estimate of drug-likeness (QED) is 0.364. The van der Waals surface area contributed by atoms with Crippen molar-refractivity contribution in [1.82, 2.24) is 19.4 Å². The zero-order chi connectivity index (χ0) is 32.1. The van der Waals surface area contributed by atoms with Crippen molar-refractivity contribution >= 4 is 22.6 Å². The molecule has 1 amide bonds. The number of nitrogens with one attached hydrogen (secondary N) is 1. The van der Waals surface area contributed by atoms with E-state index in [1.165, 1.54) is 17.6 Å². The van der Waals surface area contributed by atoms with Crippen LogP contribution in [0.4, 0.5) is 19.0 Å². The van der Waals surface area contributed by atoms with E-state index in [-0.39, 0.29) is 23.3 Å². The number of hydrogen-bond acceptors (Lipinski definition) is 7. The monoisotopic (exact) mass is 627 g/mol. The van der Waals surface area contributed by atoms with Gasteiger partial charge in [-0.1, -0.05) is 25.0 Å². The molecular weight excluding hydrogens is 587 g/mol. The maximum atomic E-state index is 13.7. The lowest BCUT2D eigenvalue weighted by Crippen LogP contribution is -2.51. The van der Waals surface area contributed by atoms with Crippen LogP contribution in [0.3, 0.4) is 0 Å². The van der Waals surface area contributed by atoms with Crippen molar-refractivity contribution in [3.63, 3.8) is 0 Å². The van der Waals surface area contributed by atoms with Gasteiger partial charge in [-0.3, -0.25) is 14.3 Å². The van der Waals surface area contributed by atoms with Crippen molar-refractivity contribution in [2.75, 3.05) is 38.7 Å². The van der Waals surface area contributed by atoms with Crippen LogP contribution in [0.25, 0.3) is 10.9 Å². The molecule has 4 heterocycles. The number of anilines is 1. The SMILES string of the molecule is COC1(c2cc3c(N[C@H](C)c4cccc(C(F)(F)F)c4C)nc(=O)n(C)c3c(C3CCCC3)n2)CCN(C(=O)C2COC2)CC1. The standard InChI is InChI=1S/C33H40F3N5O4/c1-19-23(10-7-11-25(19)33(34,35)36)20(2)37-29-24-16-26(32(44-4)12-14-41(15-13-32)30(42)22-17-45-18-22)38-27(21-8-5-6-9-21)28(24)40(3)31(43)39-29/h7,10-11,16,20-22H,5-6,8-9,12-15,17-18H2,1-4H3,(H,37,39,43)/t20-/m1/s1. The van der Waals surface area contributed by atoms with Crippen LogP contribution in [-0.4, -0.2) is 58.8 Å². The normalized spacial score (nSPS) is 19.9. The fraction of sp³-hybridized carbons (Fsp3) is 0.576. The maximum absolute atomic E-state index is 13.7. The molecule has 242 valence electrons. The lowest BCUT2D eigenvalue weighted by atomic mass is 9.85. The van der Waals surface area contributed by atoms with E-state index in [0.717, 1.165) is 37.4 Å². The number of rotatable bonds is 7. The van der Waals surface area contributed by atoms with Crippen LogP contribution in [0.15, 0.2) is 29.1 Å². The Kier molecular flexibility index (Phi) is 8.40. The van der Waals surface area contributed by atoms with Crippen LogP contribution in [0.1, 0.15) is 85.5 Å². The highest BCUT2D eigenvalue weighted by atomic mass is 19.4. The molecule has 1 atom stereocenters. The number of halogens is 3. The number of piperidine rings is 1. The minimum Gasteiger partial charge on any atom is -0.380 e. The molecule has 1 aliphatic carbocycles. The van der Waals surface area contributed by atoms with E-state index < -0.39 is 29.1 Å². The average Bonchev–Trinajstić information content (AvgIpc) is 3.53. The molecule has 1 saturated carbocycles. The van der Waals surface area contributed by atoms with Crippen LogP contribution < -0.4 is 11.0 Å². The van der Waals surface area contributed by atoms with Crippen LogP contribution in [0, 0.1) is 12.8 Å². The van der Waals surface area contributed by atoms with Crippen LogP contribution in [0.5, 0.6) is 0 Å². The van der Waals surface area contributed by atoms with Gasteiger partial charge in [0, 0.05) is 38.6 Å². The molecule has 12 heteroatoms. The van der Waals surface area contributed by atoms with Gasteiger partial charge in [-0.2, -0.15) is 18.2 Å². The molecule has 2 aliphatic heterocycles. The van der Waals surface area contributed by atoms with Gasteiger partial charge in [0.2, 0.25) is 5.91 Å². The summed E-state index contributed by atoms with van der Waals surface area (Å²) in [6.07, 6.45) is 0.620. The van der Waals surface area contributed by atoms with Crippen molar-refractivity contribution in [3.05, 3.63) is 62.8 Å².